The SMILES string of the molecule is CCCCOc1ccc(OC)c(-c2[c-]ccc[c-]2)c1.[Pr].[Pr]. The van der Waals surface area contributed by atoms with E-state index in [1.54, 1.807) is 7.11 Å². The number of rotatable bonds is 6. The van der Waals surface area contributed by atoms with Crippen molar-refractivity contribution >= 4 is 0 Å². The zero-order valence-corrected chi connectivity index (χ0v) is 20.0. The first-order chi connectivity index (χ1) is 9.35. The molecule has 0 atom stereocenters. The van der Waals surface area contributed by atoms with Crippen LogP contribution in [0.15, 0.2) is 36.4 Å². The number of methoxy groups -OCH3 is 1. The monoisotopic (exact) mass is 536 g/mol. The number of unbranched alkanes of at least 4 members (excludes halogenated alkanes) is 1. The summed E-state index contributed by atoms with van der Waals surface area (Å²) in [6.45, 7) is 2.89. The van der Waals surface area contributed by atoms with E-state index in [-0.39, 0.29) is 82.6 Å². The minimum absolute atomic E-state index is 0. The van der Waals surface area contributed by atoms with E-state index in [1.165, 1.54) is 0 Å². The molecule has 0 fully saturated rings. The van der Waals surface area contributed by atoms with Gasteiger partial charge in [-0.05, 0) is 18.6 Å². The Kier molecular flexibility index (Phi) is 12.7. The van der Waals surface area contributed by atoms with E-state index >= 15 is 0 Å². The summed E-state index contributed by atoms with van der Waals surface area (Å²) in [5, 5.41) is 0. The molecule has 0 unspecified atom stereocenters. The number of hydrogen-bond donors (Lipinski definition) is 0. The largest absolute Gasteiger partial charge is 0.515 e. The molecular weight excluding hydrogens is 518 g/mol. The standard InChI is InChI=1S/C17H18O2.2Pr/c1-3-4-12-19-15-10-11-17(18-2)16(13-15)14-8-6-5-7-9-14;;/h5-7,10-11,13H,3-4,12H2,1-2H3;;/q-2;;. The van der Waals surface area contributed by atoms with Gasteiger partial charge in [0.2, 0.25) is 0 Å². The van der Waals surface area contributed by atoms with Crippen LogP contribution in [0.3, 0.4) is 0 Å². The second kappa shape index (κ2) is 12.2. The Hall–Kier alpha value is 0.767. The summed E-state index contributed by atoms with van der Waals surface area (Å²) in [4.78, 5) is 0. The van der Waals surface area contributed by atoms with E-state index in [9.17, 15) is 0 Å². The molecule has 0 amide bonds. The van der Waals surface area contributed by atoms with Gasteiger partial charge in [-0.25, -0.2) is 18.2 Å². The van der Waals surface area contributed by atoms with E-state index in [1.807, 2.05) is 36.4 Å². The summed E-state index contributed by atoms with van der Waals surface area (Å²) in [6.07, 6.45) is 2.19. The normalized spacial score (nSPS) is 9.24. The molecule has 2 rings (SSSR count). The number of benzene rings is 2. The van der Waals surface area contributed by atoms with Crippen molar-refractivity contribution < 1.29 is 92.1 Å². The summed E-state index contributed by atoms with van der Waals surface area (Å²) in [6, 6.07) is 17.8. The van der Waals surface area contributed by atoms with E-state index in [2.05, 4.69) is 19.1 Å². The van der Waals surface area contributed by atoms with Gasteiger partial charge < -0.3 is 9.47 Å². The Morgan fingerprint density at radius 3 is 2.43 bits per heavy atom. The van der Waals surface area contributed by atoms with E-state index in [0.29, 0.717) is 0 Å². The van der Waals surface area contributed by atoms with Crippen LogP contribution in [-0.4, -0.2) is 13.7 Å². The topological polar surface area (TPSA) is 18.5 Å². The molecule has 0 aliphatic carbocycles. The van der Waals surface area contributed by atoms with E-state index in [4.69, 9.17) is 9.47 Å². The van der Waals surface area contributed by atoms with E-state index in [0.717, 1.165) is 42.1 Å². The van der Waals surface area contributed by atoms with Crippen molar-refractivity contribution in [1.82, 2.24) is 0 Å². The quantitative estimate of drug-likeness (QED) is 0.409. The minimum Gasteiger partial charge on any atom is -0.515 e. The first kappa shape index (κ1) is 21.8. The molecule has 2 aromatic rings. The molecule has 0 bridgehead atoms. The Morgan fingerprint density at radius 2 is 1.81 bits per heavy atom. The molecular formula is C17H18O2Pr2-2. The van der Waals surface area contributed by atoms with Gasteiger partial charge in [0.25, 0.3) is 0 Å². The summed E-state index contributed by atoms with van der Waals surface area (Å²) < 4.78 is 11.1. The molecule has 0 aromatic heterocycles. The maximum absolute atomic E-state index is 5.72. The molecule has 21 heavy (non-hydrogen) atoms. The van der Waals surface area contributed by atoms with Gasteiger partial charge in [0, 0.05) is 88.3 Å². The zero-order valence-electron chi connectivity index (χ0n) is 12.6. The van der Waals surface area contributed by atoms with Crippen molar-refractivity contribution in [3.8, 4) is 22.6 Å². The fraction of sp³-hybridized carbons (Fsp3) is 0.294. The van der Waals surface area contributed by atoms with Crippen molar-refractivity contribution in [2.45, 2.75) is 19.8 Å². The molecule has 4 heteroatoms. The van der Waals surface area contributed by atoms with Gasteiger partial charge in [-0.3, -0.25) is 17.7 Å². The van der Waals surface area contributed by atoms with Crippen LogP contribution in [0.25, 0.3) is 11.1 Å². The van der Waals surface area contributed by atoms with Crippen molar-refractivity contribution in [3.63, 3.8) is 0 Å². The molecule has 0 aliphatic rings. The van der Waals surface area contributed by atoms with E-state index < -0.39 is 0 Å². The Morgan fingerprint density at radius 1 is 1.10 bits per heavy atom. The van der Waals surface area contributed by atoms with Crippen LogP contribution in [0.5, 0.6) is 11.5 Å². The van der Waals surface area contributed by atoms with Crippen LogP contribution in [0, 0.1) is 94.7 Å². The molecule has 2 nitrogen and oxygen atoms in total. The predicted octanol–water partition coefficient (Wildman–Crippen LogP) is 4.14. The second-order valence-corrected chi connectivity index (χ2v) is 4.25. The zero-order chi connectivity index (χ0) is 13.5. The fourth-order valence-electron chi connectivity index (χ4n) is 1.81. The average Bonchev–Trinajstić information content (AvgIpc) is 2.48. The molecule has 0 heterocycles. The van der Waals surface area contributed by atoms with Crippen molar-refractivity contribution in [2.24, 2.45) is 0 Å². The van der Waals surface area contributed by atoms with Gasteiger partial charge in [0.1, 0.15) is 5.75 Å². The maximum Gasteiger partial charge on any atom is 0.102 e. The van der Waals surface area contributed by atoms with Crippen molar-refractivity contribution in [3.05, 3.63) is 48.5 Å². The molecule has 0 saturated carbocycles. The molecule has 106 valence electrons. The predicted molar refractivity (Wildman–Crippen MR) is 76.5 cm³/mol. The van der Waals surface area contributed by atoms with Gasteiger partial charge >= 0.3 is 0 Å². The minimum atomic E-state index is 0. The first-order valence-corrected chi connectivity index (χ1v) is 6.54. The molecule has 0 aliphatic heterocycles. The molecule has 0 spiro atoms. The van der Waals surface area contributed by atoms with Crippen molar-refractivity contribution in [1.29, 1.82) is 0 Å². The summed E-state index contributed by atoms with van der Waals surface area (Å²) >= 11 is 0. The van der Waals surface area contributed by atoms with Gasteiger partial charge in [0.15, 0.2) is 0 Å². The van der Waals surface area contributed by atoms with Crippen molar-refractivity contribution in [2.75, 3.05) is 13.7 Å². The summed E-state index contributed by atoms with van der Waals surface area (Å²) in [5.41, 5.74) is 1.84. The smallest absolute Gasteiger partial charge is 0.102 e. The van der Waals surface area contributed by atoms with Gasteiger partial charge in [-0.15, -0.1) is 5.56 Å². The third kappa shape index (κ3) is 6.81. The first-order valence-electron chi connectivity index (χ1n) is 6.54. The molecule has 0 N–H and O–H groups in total. The third-order valence-electron chi connectivity index (χ3n) is 2.85. The Labute approximate surface area is 193 Å². The van der Waals surface area contributed by atoms with Crippen LogP contribution in [-0.2, 0) is 0 Å². The number of ether oxygens (including phenoxy) is 2. The summed E-state index contributed by atoms with van der Waals surface area (Å²) in [5.74, 6) is 1.66. The van der Waals surface area contributed by atoms with Crippen LogP contribution in [0.1, 0.15) is 19.8 Å². The van der Waals surface area contributed by atoms with Crippen LogP contribution in [0.2, 0.25) is 0 Å². The van der Waals surface area contributed by atoms with Gasteiger partial charge in [-0.2, -0.15) is 0 Å². The average molecular weight is 536 g/mol. The van der Waals surface area contributed by atoms with Gasteiger partial charge in [-0.1, -0.05) is 19.4 Å². The summed E-state index contributed by atoms with van der Waals surface area (Å²) in [7, 11) is 1.67. The molecule has 2 aromatic carbocycles. The number of hydrogen-bond acceptors (Lipinski definition) is 2. The second-order valence-electron chi connectivity index (χ2n) is 4.25. The third-order valence-corrected chi connectivity index (χ3v) is 2.85. The Balaban J connectivity index is 0.00000200. The molecule has 2 radical (unpaired) electrons. The van der Waals surface area contributed by atoms with Crippen LogP contribution < -0.4 is 9.47 Å². The Bertz CT molecular complexity index is 515. The maximum atomic E-state index is 5.72. The van der Waals surface area contributed by atoms with Crippen LogP contribution >= 0.6 is 0 Å². The van der Waals surface area contributed by atoms with Gasteiger partial charge in [0.05, 0.1) is 13.7 Å². The fourth-order valence-corrected chi connectivity index (χ4v) is 1.81. The molecule has 0 saturated heterocycles. The van der Waals surface area contributed by atoms with Crippen LogP contribution in [0.4, 0.5) is 0 Å².